The zero-order valence-corrected chi connectivity index (χ0v) is 11.0. The van der Waals surface area contributed by atoms with Crippen molar-refractivity contribution in [3.63, 3.8) is 0 Å². The van der Waals surface area contributed by atoms with E-state index in [1.54, 1.807) is 6.07 Å². The molecule has 5 nitrogen and oxygen atoms in total. The Morgan fingerprint density at radius 3 is 2.84 bits per heavy atom. The van der Waals surface area contributed by atoms with Gasteiger partial charge >= 0.3 is 0 Å². The number of carbonyl (C=O) groups is 1. The molecule has 1 rings (SSSR count). The Balaban J connectivity index is 2.66. The fourth-order valence-corrected chi connectivity index (χ4v) is 2.05. The number of hydrogen-bond donors (Lipinski definition) is 2. The van der Waals surface area contributed by atoms with Crippen LogP contribution in [0.3, 0.4) is 0 Å². The first kappa shape index (κ1) is 15.6. The van der Waals surface area contributed by atoms with Crippen molar-refractivity contribution in [1.82, 2.24) is 4.98 Å². The molecule has 1 aromatic rings. The Hall–Kier alpha value is -1.49. The molecule has 0 aliphatic carbocycles. The number of aliphatic hydroxyl groups is 2. The Kier molecular flexibility index (Phi) is 5.89. The van der Waals surface area contributed by atoms with Crippen molar-refractivity contribution in [3.05, 3.63) is 29.3 Å². The molecular formula is C12H13FN2O3S. The second kappa shape index (κ2) is 7.19. The lowest BCUT2D eigenvalue weighted by molar-refractivity contribution is -0.109. The maximum atomic E-state index is 13.3. The highest BCUT2D eigenvalue weighted by Gasteiger charge is 2.20. The topological polar surface area (TPSA) is 94.2 Å². The Bertz CT molecular complexity index is 504. The summed E-state index contributed by atoms with van der Waals surface area (Å²) in [5.41, 5.74) is -0.269. The van der Waals surface area contributed by atoms with Gasteiger partial charge in [0.25, 0.3) is 0 Å². The minimum Gasteiger partial charge on any atom is -0.390 e. The van der Waals surface area contributed by atoms with Gasteiger partial charge in [-0.25, -0.2) is 9.37 Å². The lowest BCUT2D eigenvalue weighted by atomic mass is 10.0. The van der Waals surface area contributed by atoms with E-state index in [9.17, 15) is 19.4 Å². The Morgan fingerprint density at radius 2 is 2.32 bits per heavy atom. The van der Waals surface area contributed by atoms with Gasteiger partial charge in [-0.1, -0.05) is 11.8 Å². The largest absolute Gasteiger partial charge is 0.390 e. The van der Waals surface area contributed by atoms with E-state index in [2.05, 4.69) is 4.98 Å². The van der Waals surface area contributed by atoms with Gasteiger partial charge in [0.1, 0.15) is 12.2 Å². The van der Waals surface area contributed by atoms with Gasteiger partial charge in [0, 0.05) is 24.4 Å². The standard InChI is InChI=1S/C12H13FN2O3S/c1-7(16)19-3-2-11(17)12(18)8-4-9(13)10(5-14)15-6-8/h4,6,11-12,17-18H,2-3H2,1H3. The number of nitrogens with zero attached hydrogens (tertiary/aromatic N) is 2. The third kappa shape index (κ3) is 4.59. The zero-order chi connectivity index (χ0) is 14.4. The number of aromatic nitrogens is 1. The molecule has 102 valence electrons. The predicted octanol–water partition coefficient (Wildman–Crippen LogP) is 1.16. The minimum atomic E-state index is -1.30. The summed E-state index contributed by atoms with van der Waals surface area (Å²) in [5, 5.41) is 28.0. The van der Waals surface area contributed by atoms with Gasteiger partial charge in [0.15, 0.2) is 16.6 Å². The maximum Gasteiger partial charge on any atom is 0.185 e. The lowest BCUT2D eigenvalue weighted by Crippen LogP contribution is -2.19. The first-order valence-corrected chi connectivity index (χ1v) is 6.49. The highest BCUT2D eigenvalue weighted by molar-refractivity contribution is 8.13. The summed E-state index contributed by atoms with van der Waals surface area (Å²) in [5.74, 6) is -0.482. The molecule has 0 aliphatic rings. The first-order valence-electron chi connectivity index (χ1n) is 5.50. The average Bonchev–Trinajstić information content (AvgIpc) is 2.37. The molecule has 2 unspecified atom stereocenters. The molecule has 0 fully saturated rings. The number of hydrogen-bond acceptors (Lipinski definition) is 6. The second-order valence-electron chi connectivity index (χ2n) is 3.85. The highest BCUT2D eigenvalue weighted by Crippen LogP contribution is 2.21. The molecule has 0 spiro atoms. The van der Waals surface area contributed by atoms with E-state index in [4.69, 9.17) is 5.26 Å². The molecule has 1 aromatic heterocycles. The van der Waals surface area contributed by atoms with Gasteiger partial charge in [-0.15, -0.1) is 0 Å². The van der Waals surface area contributed by atoms with Crippen LogP contribution in [-0.2, 0) is 4.79 Å². The third-order valence-corrected chi connectivity index (χ3v) is 3.24. The molecular weight excluding hydrogens is 271 g/mol. The fourth-order valence-electron chi connectivity index (χ4n) is 1.40. The second-order valence-corrected chi connectivity index (χ2v) is 5.12. The summed E-state index contributed by atoms with van der Waals surface area (Å²) in [6, 6.07) is 2.54. The Labute approximate surface area is 114 Å². The highest BCUT2D eigenvalue weighted by atomic mass is 32.2. The molecule has 0 saturated carbocycles. The summed E-state index contributed by atoms with van der Waals surface area (Å²) in [7, 11) is 0. The van der Waals surface area contributed by atoms with Gasteiger partial charge in [-0.05, 0) is 12.5 Å². The van der Waals surface area contributed by atoms with Gasteiger partial charge in [0.2, 0.25) is 0 Å². The molecule has 0 amide bonds. The number of pyridine rings is 1. The van der Waals surface area contributed by atoms with Crippen molar-refractivity contribution < 1.29 is 19.4 Å². The number of aliphatic hydroxyl groups excluding tert-OH is 2. The molecule has 2 atom stereocenters. The van der Waals surface area contributed by atoms with Crippen LogP contribution in [0, 0.1) is 17.1 Å². The van der Waals surface area contributed by atoms with Crippen LogP contribution in [0.2, 0.25) is 0 Å². The third-order valence-electron chi connectivity index (χ3n) is 2.39. The van der Waals surface area contributed by atoms with E-state index in [0.717, 1.165) is 24.0 Å². The number of thioether (sulfide) groups is 1. The van der Waals surface area contributed by atoms with Crippen LogP contribution in [0.25, 0.3) is 0 Å². The predicted molar refractivity (Wildman–Crippen MR) is 67.6 cm³/mol. The van der Waals surface area contributed by atoms with Gasteiger partial charge in [-0.2, -0.15) is 5.26 Å². The van der Waals surface area contributed by atoms with Gasteiger partial charge in [-0.3, -0.25) is 4.79 Å². The summed E-state index contributed by atoms with van der Waals surface area (Å²) in [6.45, 7) is 1.41. The van der Waals surface area contributed by atoms with Crippen LogP contribution < -0.4 is 0 Å². The molecule has 0 aromatic carbocycles. The van der Waals surface area contributed by atoms with E-state index >= 15 is 0 Å². The van der Waals surface area contributed by atoms with Crippen LogP contribution in [0.5, 0.6) is 0 Å². The van der Waals surface area contributed by atoms with Gasteiger partial charge in [0.05, 0.1) is 6.10 Å². The van der Waals surface area contributed by atoms with Crippen molar-refractivity contribution in [3.8, 4) is 6.07 Å². The normalized spacial score (nSPS) is 13.6. The van der Waals surface area contributed by atoms with E-state index in [-0.39, 0.29) is 22.8 Å². The molecule has 7 heteroatoms. The SMILES string of the molecule is CC(=O)SCCC(O)C(O)c1cnc(C#N)c(F)c1. The number of nitriles is 1. The molecule has 0 aliphatic heterocycles. The zero-order valence-electron chi connectivity index (χ0n) is 10.2. The average molecular weight is 284 g/mol. The number of halogens is 1. The number of carbonyl (C=O) groups excluding carboxylic acids is 1. The lowest BCUT2D eigenvalue weighted by Gasteiger charge is -2.17. The molecule has 0 radical (unpaired) electrons. The first-order chi connectivity index (χ1) is 8.95. The fraction of sp³-hybridized carbons (Fsp3) is 0.417. The van der Waals surface area contributed by atoms with Crippen LogP contribution in [0.15, 0.2) is 12.3 Å². The summed E-state index contributed by atoms with van der Waals surface area (Å²) < 4.78 is 13.3. The van der Waals surface area contributed by atoms with Crippen molar-refractivity contribution in [1.29, 1.82) is 5.26 Å². The molecule has 0 saturated heterocycles. The van der Waals surface area contributed by atoms with Crippen LogP contribution in [-0.4, -0.2) is 32.2 Å². The van der Waals surface area contributed by atoms with Crippen LogP contribution in [0.1, 0.15) is 30.7 Å². The summed E-state index contributed by atoms with van der Waals surface area (Å²) >= 11 is 1.04. The Morgan fingerprint density at radius 1 is 1.63 bits per heavy atom. The van der Waals surface area contributed by atoms with Crippen molar-refractivity contribution >= 4 is 16.9 Å². The van der Waals surface area contributed by atoms with Crippen LogP contribution in [0.4, 0.5) is 4.39 Å². The quantitative estimate of drug-likeness (QED) is 0.842. The molecule has 2 N–H and O–H groups in total. The van der Waals surface area contributed by atoms with Crippen molar-refractivity contribution in [2.24, 2.45) is 0 Å². The van der Waals surface area contributed by atoms with E-state index in [1.807, 2.05) is 0 Å². The van der Waals surface area contributed by atoms with E-state index in [0.29, 0.717) is 5.75 Å². The maximum absolute atomic E-state index is 13.3. The van der Waals surface area contributed by atoms with Crippen molar-refractivity contribution in [2.45, 2.75) is 25.6 Å². The molecule has 19 heavy (non-hydrogen) atoms. The van der Waals surface area contributed by atoms with Crippen LogP contribution >= 0.6 is 11.8 Å². The minimum absolute atomic E-state index is 0.0761. The summed E-state index contributed by atoms with van der Waals surface area (Å²) in [4.78, 5) is 14.3. The van der Waals surface area contributed by atoms with Crippen molar-refractivity contribution in [2.75, 3.05) is 5.75 Å². The molecule has 1 heterocycles. The summed E-state index contributed by atoms with van der Waals surface area (Å²) in [6.07, 6.45) is -1.09. The van der Waals surface area contributed by atoms with Gasteiger partial charge < -0.3 is 10.2 Å². The molecule has 0 bridgehead atoms. The van der Waals surface area contributed by atoms with E-state index in [1.165, 1.54) is 6.92 Å². The smallest absolute Gasteiger partial charge is 0.185 e. The van der Waals surface area contributed by atoms with E-state index < -0.39 is 18.0 Å². The number of rotatable bonds is 5. The monoisotopic (exact) mass is 284 g/mol.